The van der Waals surface area contributed by atoms with Crippen LogP contribution in [0, 0.1) is 19.3 Å². The lowest BCUT2D eigenvalue weighted by Crippen LogP contribution is -2.32. The van der Waals surface area contributed by atoms with Crippen molar-refractivity contribution in [3.63, 3.8) is 0 Å². The molecule has 0 bridgehead atoms. The van der Waals surface area contributed by atoms with E-state index in [4.69, 9.17) is 5.41 Å². The maximum Gasteiger partial charge on any atom is 0.254 e. The molecule has 0 unspecified atom stereocenters. The van der Waals surface area contributed by atoms with Crippen LogP contribution in [-0.4, -0.2) is 34.0 Å². The first-order valence-corrected chi connectivity index (χ1v) is 12.8. The second kappa shape index (κ2) is 12.2. The molecule has 4 aromatic carbocycles. The zero-order valence-electron chi connectivity index (χ0n) is 22.6. The van der Waals surface area contributed by atoms with Crippen LogP contribution in [0.5, 0.6) is 0 Å². The van der Waals surface area contributed by atoms with E-state index >= 15 is 0 Å². The van der Waals surface area contributed by atoms with E-state index < -0.39 is 0 Å². The molecule has 4 aromatic rings. The van der Waals surface area contributed by atoms with Gasteiger partial charge >= 0.3 is 0 Å². The summed E-state index contributed by atoms with van der Waals surface area (Å²) in [5, 5.41) is 18.3. The Bertz CT molecular complexity index is 1500. The van der Waals surface area contributed by atoms with Crippen molar-refractivity contribution < 1.29 is 9.90 Å². The van der Waals surface area contributed by atoms with Gasteiger partial charge in [-0.15, -0.1) is 0 Å². The largest absolute Gasteiger partial charge is 0.511 e. The third-order valence-corrected chi connectivity index (χ3v) is 6.53. The van der Waals surface area contributed by atoms with Crippen molar-refractivity contribution in [2.45, 2.75) is 27.3 Å². The molecule has 0 atom stereocenters. The van der Waals surface area contributed by atoms with Gasteiger partial charge in [-0.05, 0) is 55.2 Å². The van der Waals surface area contributed by atoms with Gasteiger partial charge in [-0.3, -0.25) is 10.2 Å². The Hall–Kier alpha value is -4.77. The van der Waals surface area contributed by atoms with Crippen LogP contribution in [-0.2, 0) is 6.54 Å². The third kappa shape index (κ3) is 7.17. The molecule has 0 aliphatic rings. The van der Waals surface area contributed by atoms with E-state index in [9.17, 15) is 9.90 Å². The summed E-state index contributed by atoms with van der Waals surface area (Å²) in [6, 6.07) is 31.4. The second-order valence-corrected chi connectivity index (χ2v) is 9.78. The van der Waals surface area contributed by atoms with E-state index in [1.54, 1.807) is 17.0 Å². The van der Waals surface area contributed by atoms with Gasteiger partial charge in [0.25, 0.3) is 5.91 Å². The second-order valence-electron chi connectivity index (χ2n) is 9.78. The van der Waals surface area contributed by atoms with Crippen LogP contribution < -0.4 is 0 Å². The minimum absolute atomic E-state index is 0.0382. The lowest BCUT2D eigenvalue weighted by molar-refractivity contribution is 0.0740. The fourth-order valence-corrected chi connectivity index (χ4v) is 4.23. The predicted molar refractivity (Wildman–Crippen MR) is 160 cm³/mol. The normalized spacial score (nSPS) is 11.2. The van der Waals surface area contributed by atoms with Gasteiger partial charge in [0.2, 0.25) is 0 Å². The van der Waals surface area contributed by atoms with Gasteiger partial charge in [-0.2, -0.15) is 0 Å². The van der Waals surface area contributed by atoms with Gasteiger partial charge in [-0.1, -0.05) is 103 Å². The number of amides is 1. The Kier molecular flexibility index (Phi) is 8.52. The molecule has 0 aromatic heterocycles. The Morgan fingerprint density at radius 2 is 1.23 bits per heavy atom. The summed E-state index contributed by atoms with van der Waals surface area (Å²) in [6.07, 6.45) is 0. The van der Waals surface area contributed by atoms with Crippen molar-refractivity contribution in [2.24, 2.45) is 4.99 Å². The molecular formula is C34H33N3O2. The van der Waals surface area contributed by atoms with E-state index in [0.29, 0.717) is 17.7 Å². The van der Waals surface area contributed by atoms with Gasteiger partial charge in [-0.25, -0.2) is 4.99 Å². The highest BCUT2D eigenvalue weighted by molar-refractivity contribution is 6.10. The van der Waals surface area contributed by atoms with E-state index in [2.05, 4.69) is 54.9 Å². The number of hydrogen-bond donors (Lipinski definition) is 2. The molecule has 4 rings (SSSR count). The Balaban J connectivity index is 1.44. The van der Waals surface area contributed by atoms with Crippen LogP contribution in [0.15, 0.2) is 114 Å². The minimum Gasteiger partial charge on any atom is -0.511 e. The molecule has 0 fully saturated rings. The summed E-state index contributed by atoms with van der Waals surface area (Å²) < 4.78 is 0. The molecule has 0 spiro atoms. The number of amidine groups is 1. The number of carbonyl (C=O) groups excluding carboxylic acids is 1. The van der Waals surface area contributed by atoms with Crippen LogP contribution in [0.3, 0.4) is 0 Å². The molecule has 0 aliphatic carbocycles. The standard InChI is InChI=1S/C34H33N3O2/c1-23-5-11-29(12-6-23)30-19-17-28(18-20-30)26(4)36-33(35)31-15-9-27(10-16-31)22-37(21-25(3)38)34(39)32-13-7-24(2)8-14-32/h5-20,35,38H,3,21-22H2,1-2,4H3. The van der Waals surface area contributed by atoms with Crippen LogP contribution in [0.4, 0.5) is 0 Å². The number of benzene rings is 4. The molecule has 1 amide bonds. The summed E-state index contributed by atoms with van der Waals surface area (Å²) in [4.78, 5) is 19.1. The maximum atomic E-state index is 13.1. The summed E-state index contributed by atoms with van der Waals surface area (Å²) in [7, 11) is 0. The molecule has 0 radical (unpaired) electrons. The number of carbonyl (C=O) groups is 1. The number of nitrogens with zero attached hydrogens (tertiary/aromatic N) is 2. The molecular weight excluding hydrogens is 482 g/mol. The van der Waals surface area contributed by atoms with Gasteiger partial charge in [0.15, 0.2) is 5.84 Å². The Morgan fingerprint density at radius 3 is 1.77 bits per heavy atom. The monoisotopic (exact) mass is 515 g/mol. The number of nitrogens with one attached hydrogen (secondary N) is 1. The molecule has 5 heteroatoms. The molecule has 0 saturated carbocycles. The fraction of sp³-hybridized carbons (Fsp3) is 0.147. The van der Waals surface area contributed by atoms with Crippen molar-refractivity contribution in [1.29, 1.82) is 5.41 Å². The highest BCUT2D eigenvalue weighted by Crippen LogP contribution is 2.21. The Morgan fingerprint density at radius 1 is 0.769 bits per heavy atom. The number of aliphatic hydroxyl groups excluding tert-OH is 1. The Labute approximate surface area is 230 Å². The maximum absolute atomic E-state index is 13.1. The summed E-state index contributed by atoms with van der Waals surface area (Å²) in [5.74, 6) is -0.0980. The molecule has 39 heavy (non-hydrogen) atoms. The summed E-state index contributed by atoms with van der Waals surface area (Å²) in [5.41, 5.74) is 8.43. The van der Waals surface area contributed by atoms with Gasteiger partial charge in [0.1, 0.15) is 5.76 Å². The highest BCUT2D eigenvalue weighted by Gasteiger charge is 2.17. The van der Waals surface area contributed by atoms with Gasteiger partial charge in [0, 0.05) is 23.4 Å². The first-order chi connectivity index (χ1) is 18.7. The van der Waals surface area contributed by atoms with E-state index in [-0.39, 0.29) is 24.0 Å². The van der Waals surface area contributed by atoms with Crippen molar-refractivity contribution in [3.8, 4) is 11.1 Å². The average molecular weight is 516 g/mol. The lowest BCUT2D eigenvalue weighted by atomic mass is 10.0. The SMILES string of the molecule is C=C(O)CN(Cc1ccc(C(=N)N=C(C)c2ccc(-c3ccc(C)cc3)cc2)cc1)C(=O)c1ccc(C)cc1. The van der Waals surface area contributed by atoms with E-state index in [0.717, 1.165) is 33.5 Å². The highest BCUT2D eigenvalue weighted by atomic mass is 16.3. The zero-order valence-corrected chi connectivity index (χ0v) is 22.6. The number of hydrogen-bond acceptors (Lipinski definition) is 3. The smallest absolute Gasteiger partial charge is 0.254 e. The fourth-order valence-electron chi connectivity index (χ4n) is 4.23. The topological polar surface area (TPSA) is 76.8 Å². The molecule has 5 nitrogen and oxygen atoms in total. The molecule has 0 heterocycles. The number of aliphatic hydroxyl groups is 1. The van der Waals surface area contributed by atoms with Crippen molar-refractivity contribution in [3.05, 3.63) is 143 Å². The zero-order chi connectivity index (χ0) is 27.9. The van der Waals surface area contributed by atoms with Crippen LogP contribution in [0.25, 0.3) is 11.1 Å². The molecule has 2 N–H and O–H groups in total. The first kappa shape index (κ1) is 27.3. The van der Waals surface area contributed by atoms with E-state index in [1.807, 2.05) is 62.4 Å². The number of aryl methyl sites for hydroxylation is 2. The van der Waals surface area contributed by atoms with Crippen molar-refractivity contribution >= 4 is 17.5 Å². The third-order valence-electron chi connectivity index (χ3n) is 6.53. The first-order valence-electron chi connectivity index (χ1n) is 12.8. The van der Waals surface area contributed by atoms with Crippen molar-refractivity contribution in [2.75, 3.05) is 6.54 Å². The molecule has 196 valence electrons. The van der Waals surface area contributed by atoms with Gasteiger partial charge < -0.3 is 10.0 Å². The van der Waals surface area contributed by atoms with Gasteiger partial charge in [0.05, 0.1) is 6.54 Å². The summed E-state index contributed by atoms with van der Waals surface area (Å²) in [6.45, 7) is 9.84. The summed E-state index contributed by atoms with van der Waals surface area (Å²) >= 11 is 0. The van der Waals surface area contributed by atoms with Crippen molar-refractivity contribution in [1.82, 2.24) is 4.90 Å². The molecule has 0 aliphatic heterocycles. The lowest BCUT2D eigenvalue weighted by Gasteiger charge is -2.22. The molecule has 0 saturated heterocycles. The average Bonchev–Trinajstić information content (AvgIpc) is 2.93. The van der Waals surface area contributed by atoms with Crippen LogP contribution in [0.2, 0.25) is 0 Å². The number of aliphatic imine (C=N–C) groups is 1. The minimum atomic E-state index is -0.185. The predicted octanol–water partition coefficient (Wildman–Crippen LogP) is 7.52. The quantitative estimate of drug-likeness (QED) is 0.145. The van der Waals surface area contributed by atoms with E-state index in [1.165, 1.54) is 5.56 Å². The van der Waals surface area contributed by atoms with Crippen LogP contribution in [0.1, 0.15) is 45.1 Å². The van der Waals surface area contributed by atoms with Crippen LogP contribution >= 0.6 is 0 Å². The number of rotatable bonds is 8.